The molecule has 1 rings (SSSR count). The lowest BCUT2D eigenvalue weighted by atomic mass is 10.1. The quantitative estimate of drug-likeness (QED) is 0.741. The molecule has 0 aliphatic carbocycles. The molecule has 1 aromatic heterocycles. The van der Waals surface area contributed by atoms with Gasteiger partial charge in [0.2, 0.25) is 0 Å². The lowest BCUT2D eigenvalue weighted by Gasteiger charge is -2.10. The Labute approximate surface area is 98.7 Å². The fourth-order valence-electron chi connectivity index (χ4n) is 1.40. The van der Waals surface area contributed by atoms with Crippen molar-refractivity contribution >= 4 is 11.5 Å². The van der Waals surface area contributed by atoms with Crippen LogP contribution >= 0.6 is 0 Å². The van der Waals surface area contributed by atoms with Gasteiger partial charge in [0.05, 0.1) is 0 Å². The monoisotopic (exact) mass is 221 g/mol. The second kappa shape index (κ2) is 7.09. The molecule has 0 radical (unpaired) electrons. The Morgan fingerprint density at radius 3 is 2.75 bits per heavy atom. The van der Waals surface area contributed by atoms with Crippen molar-refractivity contribution in [1.82, 2.24) is 4.98 Å². The molecule has 0 spiro atoms. The summed E-state index contributed by atoms with van der Waals surface area (Å²) in [6.07, 6.45) is 4.16. The molecule has 0 aliphatic heterocycles. The molecule has 2 N–H and O–H groups in total. The molecule has 0 amide bonds. The van der Waals surface area contributed by atoms with Crippen LogP contribution in [0.1, 0.15) is 33.6 Å². The number of nitrogens with zero attached hydrogens (tertiary/aromatic N) is 1. The molecule has 0 bridgehead atoms. The van der Waals surface area contributed by atoms with Gasteiger partial charge in [0, 0.05) is 31.0 Å². The molecular formula is C13H23N3. The average molecular weight is 221 g/mol. The minimum Gasteiger partial charge on any atom is -0.385 e. The molecule has 0 unspecified atom stereocenters. The summed E-state index contributed by atoms with van der Waals surface area (Å²) < 4.78 is 0. The topological polar surface area (TPSA) is 37.0 Å². The molecule has 0 aromatic carbocycles. The summed E-state index contributed by atoms with van der Waals surface area (Å²) in [6, 6.07) is 4.08. The number of pyridine rings is 1. The summed E-state index contributed by atoms with van der Waals surface area (Å²) in [4.78, 5) is 4.27. The standard InChI is InChI=1S/C13H23N3/c1-4-7-15-13-10-12(6-9-16-13)14-8-5-11(2)3/h6,9-11H,4-5,7-8H2,1-3H3,(H2,14,15,16). The maximum Gasteiger partial charge on any atom is 0.127 e. The molecule has 0 aliphatic rings. The van der Waals surface area contributed by atoms with Gasteiger partial charge >= 0.3 is 0 Å². The van der Waals surface area contributed by atoms with Gasteiger partial charge in [-0.05, 0) is 24.8 Å². The third kappa shape index (κ3) is 5.01. The van der Waals surface area contributed by atoms with Crippen molar-refractivity contribution in [2.75, 3.05) is 23.7 Å². The largest absolute Gasteiger partial charge is 0.385 e. The normalized spacial score (nSPS) is 10.5. The van der Waals surface area contributed by atoms with Crippen molar-refractivity contribution in [1.29, 1.82) is 0 Å². The van der Waals surface area contributed by atoms with Gasteiger partial charge in [0.25, 0.3) is 0 Å². The maximum atomic E-state index is 4.27. The molecule has 90 valence electrons. The molecule has 16 heavy (non-hydrogen) atoms. The summed E-state index contributed by atoms with van der Waals surface area (Å²) in [5.74, 6) is 1.70. The molecule has 1 aromatic rings. The van der Waals surface area contributed by atoms with Crippen LogP contribution in [0.5, 0.6) is 0 Å². The number of hydrogen-bond acceptors (Lipinski definition) is 3. The summed E-state index contributed by atoms with van der Waals surface area (Å²) in [5, 5.41) is 6.70. The van der Waals surface area contributed by atoms with E-state index in [0.29, 0.717) is 0 Å². The van der Waals surface area contributed by atoms with Crippen molar-refractivity contribution in [2.45, 2.75) is 33.6 Å². The van der Waals surface area contributed by atoms with E-state index in [0.717, 1.165) is 36.9 Å². The molecular weight excluding hydrogens is 198 g/mol. The van der Waals surface area contributed by atoms with E-state index in [1.165, 1.54) is 6.42 Å². The highest BCUT2D eigenvalue weighted by atomic mass is 15.0. The van der Waals surface area contributed by atoms with E-state index >= 15 is 0 Å². The first-order valence-corrected chi connectivity index (χ1v) is 6.16. The number of hydrogen-bond donors (Lipinski definition) is 2. The Kier molecular flexibility index (Phi) is 5.68. The Morgan fingerprint density at radius 1 is 1.25 bits per heavy atom. The van der Waals surface area contributed by atoms with E-state index < -0.39 is 0 Å². The predicted molar refractivity (Wildman–Crippen MR) is 71.0 cm³/mol. The van der Waals surface area contributed by atoms with Crippen LogP contribution in [0, 0.1) is 5.92 Å². The van der Waals surface area contributed by atoms with Gasteiger partial charge in [-0.15, -0.1) is 0 Å². The Balaban J connectivity index is 2.40. The maximum absolute atomic E-state index is 4.27. The van der Waals surface area contributed by atoms with Gasteiger partial charge in [-0.2, -0.15) is 0 Å². The van der Waals surface area contributed by atoms with Crippen molar-refractivity contribution in [2.24, 2.45) is 5.92 Å². The molecule has 0 saturated heterocycles. The van der Waals surface area contributed by atoms with E-state index in [-0.39, 0.29) is 0 Å². The summed E-state index contributed by atoms with van der Waals surface area (Å²) in [5.41, 5.74) is 1.15. The lowest BCUT2D eigenvalue weighted by Crippen LogP contribution is -2.06. The zero-order valence-electron chi connectivity index (χ0n) is 10.6. The third-order valence-corrected chi connectivity index (χ3v) is 2.37. The molecule has 3 heteroatoms. The Bertz CT molecular complexity index is 297. The molecule has 0 fully saturated rings. The van der Waals surface area contributed by atoms with Crippen LogP contribution in [-0.2, 0) is 0 Å². The fourth-order valence-corrected chi connectivity index (χ4v) is 1.40. The fraction of sp³-hybridized carbons (Fsp3) is 0.615. The van der Waals surface area contributed by atoms with Crippen LogP contribution in [0.2, 0.25) is 0 Å². The van der Waals surface area contributed by atoms with E-state index in [2.05, 4.69) is 42.5 Å². The number of rotatable bonds is 7. The van der Waals surface area contributed by atoms with Crippen molar-refractivity contribution in [3.05, 3.63) is 18.3 Å². The highest BCUT2D eigenvalue weighted by Gasteiger charge is 1.97. The number of anilines is 2. The minimum absolute atomic E-state index is 0.743. The van der Waals surface area contributed by atoms with Gasteiger partial charge in [-0.3, -0.25) is 0 Å². The van der Waals surface area contributed by atoms with Crippen LogP contribution in [0.15, 0.2) is 18.3 Å². The van der Waals surface area contributed by atoms with Crippen LogP contribution in [0.25, 0.3) is 0 Å². The van der Waals surface area contributed by atoms with Gasteiger partial charge in [0.15, 0.2) is 0 Å². The smallest absolute Gasteiger partial charge is 0.127 e. The second-order valence-corrected chi connectivity index (χ2v) is 4.47. The first kappa shape index (κ1) is 12.8. The van der Waals surface area contributed by atoms with E-state index in [1.54, 1.807) is 0 Å². The molecule has 3 nitrogen and oxygen atoms in total. The first-order chi connectivity index (χ1) is 7.72. The van der Waals surface area contributed by atoms with Gasteiger partial charge in [-0.1, -0.05) is 20.8 Å². The zero-order chi connectivity index (χ0) is 11.8. The number of aromatic nitrogens is 1. The van der Waals surface area contributed by atoms with E-state index in [9.17, 15) is 0 Å². The van der Waals surface area contributed by atoms with E-state index in [1.807, 2.05) is 12.3 Å². The summed E-state index contributed by atoms with van der Waals surface area (Å²) >= 11 is 0. The van der Waals surface area contributed by atoms with Gasteiger partial charge in [-0.25, -0.2) is 4.98 Å². The van der Waals surface area contributed by atoms with E-state index in [4.69, 9.17) is 0 Å². The lowest BCUT2D eigenvalue weighted by molar-refractivity contribution is 0.607. The molecule has 1 heterocycles. The highest BCUT2D eigenvalue weighted by molar-refractivity contribution is 5.51. The third-order valence-electron chi connectivity index (χ3n) is 2.37. The molecule has 0 atom stereocenters. The van der Waals surface area contributed by atoms with Crippen LogP contribution in [0.4, 0.5) is 11.5 Å². The van der Waals surface area contributed by atoms with Gasteiger partial charge < -0.3 is 10.6 Å². The SMILES string of the molecule is CCCNc1cc(NCCC(C)C)ccn1. The van der Waals surface area contributed by atoms with Gasteiger partial charge in [0.1, 0.15) is 5.82 Å². The zero-order valence-corrected chi connectivity index (χ0v) is 10.6. The van der Waals surface area contributed by atoms with Crippen molar-refractivity contribution in [3.8, 4) is 0 Å². The summed E-state index contributed by atoms with van der Waals surface area (Å²) in [6.45, 7) is 8.63. The number of nitrogens with one attached hydrogen (secondary N) is 2. The highest BCUT2D eigenvalue weighted by Crippen LogP contribution is 2.12. The first-order valence-electron chi connectivity index (χ1n) is 6.16. The minimum atomic E-state index is 0.743. The predicted octanol–water partition coefficient (Wildman–Crippen LogP) is 3.36. The van der Waals surface area contributed by atoms with Crippen molar-refractivity contribution in [3.63, 3.8) is 0 Å². The Morgan fingerprint density at radius 2 is 2.06 bits per heavy atom. The Hall–Kier alpha value is -1.25. The van der Waals surface area contributed by atoms with Crippen LogP contribution < -0.4 is 10.6 Å². The molecule has 0 saturated carbocycles. The van der Waals surface area contributed by atoms with Crippen molar-refractivity contribution < 1.29 is 0 Å². The van der Waals surface area contributed by atoms with Crippen LogP contribution in [0.3, 0.4) is 0 Å². The second-order valence-electron chi connectivity index (χ2n) is 4.47. The van der Waals surface area contributed by atoms with Crippen LogP contribution in [-0.4, -0.2) is 18.1 Å². The average Bonchev–Trinajstić information content (AvgIpc) is 2.26. The summed E-state index contributed by atoms with van der Waals surface area (Å²) in [7, 11) is 0.